The van der Waals surface area contributed by atoms with Crippen molar-refractivity contribution < 1.29 is 19.0 Å². The number of ether oxygens (including phenoxy) is 3. The van der Waals surface area contributed by atoms with Crippen LogP contribution >= 0.6 is 0 Å². The summed E-state index contributed by atoms with van der Waals surface area (Å²) >= 11 is 0. The van der Waals surface area contributed by atoms with Crippen LogP contribution in [0.1, 0.15) is 5.56 Å². The Morgan fingerprint density at radius 2 is 2.12 bits per heavy atom. The van der Waals surface area contributed by atoms with Gasteiger partial charge in [0.2, 0.25) is 6.79 Å². The zero-order valence-corrected chi connectivity index (χ0v) is 9.19. The number of hydrogen-bond acceptors (Lipinski definition) is 5. The van der Waals surface area contributed by atoms with E-state index in [4.69, 9.17) is 19.0 Å². The van der Waals surface area contributed by atoms with Gasteiger partial charge in [-0.15, -0.1) is 0 Å². The largest absolute Gasteiger partial charge is 0.454 e. The Hall–Kier alpha value is -1.30. The monoisotopic (exact) mass is 225 g/mol. The summed E-state index contributed by atoms with van der Waals surface area (Å²) < 4.78 is 15.3. The molecule has 0 aromatic heterocycles. The van der Waals surface area contributed by atoms with Crippen LogP contribution in [0.4, 0.5) is 0 Å². The molecule has 0 amide bonds. The number of fused-ring (bicyclic) bond motifs is 1. The molecule has 16 heavy (non-hydrogen) atoms. The van der Waals surface area contributed by atoms with Gasteiger partial charge in [-0.05, 0) is 17.7 Å². The van der Waals surface area contributed by atoms with Crippen molar-refractivity contribution in [2.24, 2.45) is 0 Å². The number of hydrogen-bond donors (Lipinski definition) is 1. The molecule has 1 N–H and O–H groups in total. The average Bonchev–Trinajstić information content (AvgIpc) is 2.76. The van der Waals surface area contributed by atoms with Crippen molar-refractivity contribution in [1.29, 1.82) is 0 Å². The van der Waals surface area contributed by atoms with E-state index >= 15 is 0 Å². The van der Waals surface area contributed by atoms with Crippen LogP contribution in [-0.2, 0) is 16.1 Å². The Bertz CT molecular complexity index is 343. The minimum absolute atomic E-state index is 0.302. The summed E-state index contributed by atoms with van der Waals surface area (Å²) in [5, 5.41) is 0. The molecule has 2 rings (SSSR count). The molecular weight excluding hydrogens is 210 g/mol. The highest BCUT2D eigenvalue weighted by atomic mass is 16.7. The van der Waals surface area contributed by atoms with Crippen LogP contribution in [-0.4, -0.2) is 27.1 Å². The van der Waals surface area contributed by atoms with Crippen molar-refractivity contribution >= 4 is 0 Å². The fraction of sp³-hybridized carbons (Fsp3) is 0.455. The van der Waals surface area contributed by atoms with Crippen LogP contribution in [0.25, 0.3) is 0 Å². The fourth-order valence-electron chi connectivity index (χ4n) is 1.38. The van der Waals surface area contributed by atoms with Gasteiger partial charge in [0.25, 0.3) is 0 Å². The molecule has 0 spiro atoms. The summed E-state index contributed by atoms with van der Waals surface area (Å²) in [6.45, 7) is 2.03. The second-order valence-corrected chi connectivity index (χ2v) is 3.35. The van der Waals surface area contributed by atoms with Gasteiger partial charge in [0.1, 0.15) is 0 Å². The first kappa shape index (κ1) is 11.2. The Labute approximate surface area is 94.2 Å². The van der Waals surface area contributed by atoms with Crippen molar-refractivity contribution in [3.8, 4) is 11.5 Å². The van der Waals surface area contributed by atoms with Crippen LogP contribution in [0.2, 0.25) is 0 Å². The van der Waals surface area contributed by atoms with E-state index in [-0.39, 0.29) is 0 Å². The number of benzene rings is 1. The van der Waals surface area contributed by atoms with Crippen molar-refractivity contribution in [2.45, 2.75) is 6.54 Å². The summed E-state index contributed by atoms with van der Waals surface area (Å²) in [6, 6.07) is 5.81. The number of methoxy groups -OCH3 is 1. The first-order chi connectivity index (χ1) is 7.90. The molecule has 5 heteroatoms. The lowest BCUT2D eigenvalue weighted by atomic mass is 10.2. The van der Waals surface area contributed by atoms with Gasteiger partial charge in [0.05, 0.1) is 13.2 Å². The number of rotatable bonds is 6. The van der Waals surface area contributed by atoms with Gasteiger partial charge in [0, 0.05) is 13.7 Å². The Kier molecular flexibility index (Phi) is 3.98. The molecule has 1 heterocycles. The molecule has 1 aromatic rings. The van der Waals surface area contributed by atoms with E-state index in [0.717, 1.165) is 17.1 Å². The fourth-order valence-corrected chi connectivity index (χ4v) is 1.38. The van der Waals surface area contributed by atoms with E-state index in [1.165, 1.54) is 0 Å². The van der Waals surface area contributed by atoms with Crippen molar-refractivity contribution in [1.82, 2.24) is 5.48 Å². The van der Waals surface area contributed by atoms with Crippen molar-refractivity contribution in [3.63, 3.8) is 0 Å². The van der Waals surface area contributed by atoms with Gasteiger partial charge in [-0.2, -0.15) is 5.48 Å². The topological polar surface area (TPSA) is 49.0 Å². The van der Waals surface area contributed by atoms with Crippen molar-refractivity contribution in [2.75, 3.05) is 27.1 Å². The maximum absolute atomic E-state index is 5.27. The maximum atomic E-state index is 5.27. The summed E-state index contributed by atoms with van der Waals surface area (Å²) in [5.74, 6) is 1.58. The van der Waals surface area contributed by atoms with Gasteiger partial charge in [0.15, 0.2) is 11.5 Å². The van der Waals surface area contributed by atoms with E-state index in [0.29, 0.717) is 26.6 Å². The normalized spacial score (nSPS) is 13.1. The summed E-state index contributed by atoms with van der Waals surface area (Å²) in [4.78, 5) is 5.15. The molecule has 88 valence electrons. The van der Waals surface area contributed by atoms with Gasteiger partial charge < -0.3 is 14.2 Å². The smallest absolute Gasteiger partial charge is 0.231 e. The Morgan fingerprint density at radius 3 is 3.00 bits per heavy atom. The second kappa shape index (κ2) is 5.69. The van der Waals surface area contributed by atoms with E-state index in [2.05, 4.69) is 5.48 Å². The van der Waals surface area contributed by atoms with Gasteiger partial charge in [-0.1, -0.05) is 6.07 Å². The molecule has 1 aliphatic rings. The quantitative estimate of drug-likeness (QED) is 0.580. The van der Waals surface area contributed by atoms with Gasteiger partial charge in [-0.3, -0.25) is 4.84 Å². The van der Waals surface area contributed by atoms with Crippen LogP contribution in [0, 0.1) is 0 Å². The van der Waals surface area contributed by atoms with Crippen LogP contribution in [0.5, 0.6) is 11.5 Å². The molecule has 0 atom stereocenters. The van der Waals surface area contributed by atoms with Gasteiger partial charge >= 0.3 is 0 Å². The predicted molar refractivity (Wildman–Crippen MR) is 57.2 cm³/mol. The molecule has 0 unspecified atom stereocenters. The highest BCUT2D eigenvalue weighted by Crippen LogP contribution is 2.32. The molecule has 5 nitrogen and oxygen atoms in total. The zero-order chi connectivity index (χ0) is 11.2. The van der Waals surface area contributed by atoms with E-state index in [1.54, 1.807) is 7.11 Å². The molecular formula is C11H15NO4. The third-order valence-corrected chi connectivity index (χ3v) is 2.20. The minimum Gasteiger partial charge on any atom is -0.454 e. The molecule has 1 aliphatic heterocycles. The third kappa shape index (κ3) is 2.85. The van der Waals surface area contributed by atoms with Crippen LogP contribution in [0.3, 0.4) is 0 Å². The molecule has 0 aliphatic carbocycles. The molecule has 0 saturated carbocycles. The Balaban J connectivity index is 1.77. The summed E-state index contributed by atoms with van der Waals surface area (Å²) in [6.07, 6.45) is 0. The summed E-state index contributed by atoms with van der Waals surface area (Å²) in [5.41, 5.74) is 3.94. The minimum atomic E-state index is 0.302. The second-order valence-electron chi connectivity index (χ2n) is 3.35. The number of hydroxylamine groups is 1. The first-order valence-electron chi connectivity index (χ1n) is 5.12. The first-order valence-corrected chi connectivity index (χ1v) is 5.12. The highest BCUT2D eigenvalue weighted by molar-refractivity contribution is 5.44. The maximum Gasteiger partial charge on any atom is 0.231 e. The molecule has 0 radical (unpaired) electrons. The number of nitrogens with one attached hydrogen (secondary N) is 1. The molecule has 0 bridgehead atoms. The average molecular weight is 225 g/mol. The highest BCUT2D eigenvalue weighted by Gasteiger charge is 2.12. The van der Waals surface area contributed by atoms with E-state index < -0.39 is 0 Å². The van der Waals surface area contributed by atoms with Gasteiger partial charge in [-0.25, -0.2) is 0 Å². The lowest BCUT2D eigenvalue weighted by molar-refractivity contribution is 0.00345. The third-order valence-electron chi connectivity index (χ3n) is 2.20. The van der Waals surface area contributed by atoms with E-state index in [9.17, 15) is 0 Å². The Morgan fingerprint density at radius 1 is 1.25 bits per heavy atom. The molecule has 0 saturated heterocycles. The van der Waals surface area contributed by atoms with E-state index in [1.807, 2.05) is 18.2 Å². The van der Waals surface area contributed by atoms with Crippen LogP contribution < -0.4 is 15.0 Å². The lowest BCUT2D eigenvalue weighted by Crippen LogP contribution is -2.17. The lowest BCUT2D eigenvalue weighted by Gasteiger charge is -2.06. The SMILES string of the molecule is COCCONCc1ccc2c(c1)OCO2. The zero-order valence-electron chi connectivity index (χ0n) is 9.19. The predicted octanol–water partition coefficient (Wildman–Crippen LogP) is 1.08. The molecule has 1 aromatic carbocycles. The van der Waals surface area contributed by atoms with Crippen LogP contribution in [0.15, 0.2) is 18.2 Å². The standard InChI is InChI=1S/C11H15NO4/c1-13-4-5-16-12-7-9-2-3-10-11(6-9)15-8-14-10/h2-3,6,12H,4-5,7-8H2,1H3. The summed E-state index contributed by atoms with van der Waals surface area (Å²) in [7, 11) is 1.64. The molecule has 0 fully saturated rings. The van der Waals surface area contributed by atoms with Crippen molar-refractivity contribution in [3.05, 3.63) is 23.8 Å².